The third-order valence-corrected chi connectivity index (χ3v) is 16.2. The highest BCUT2D eigenvalue weighted by Crippen LogP contribution is 2.32. The van der Waals surface area contributed by atoms with E-state index < -0.39 is 24.4 Å². The second kappa shape index (κ2) is 37.8. The van der Waals surface area contributed by atoms with E-state index in [-0.39, 0.29) is 24.4 Å². The molecule has 0 heterocycles. The molecule has 0 saturated heterocycles. The highest BCUT2D eigenvalue weighted by atomic mass is 16.5. The minimum atomic E-state index is -0.403. The lowest BCUT2D eigenvalue weighted by Crippen LogP contribution is -2.24. The molecule has 12 nitrogen and oxygen atoms in total. The molecule has 8 N–H and O–H groups in total. The maximum atomic E-state index is 10.0. The van der Waals surface area contributed by atoms with Crippen LogP contribution in [0, 0.1) is 23.7 Å². The van der Waals surface area contributed by atoms with Crippen LogP contribution in [0.2, 0.25) is 0 Å². The molecule has 4 aliphatic carbocycles. The Balaban J connectivity index is 0.000000196. The van der Waals surface area contributed by atoms with Crippen LogP contribution in [0.15, 0.2) is 97.1 Å². The van der Waals surface area contributed by atoms with Crippen LogP contribution in [0.4, 0.5) is 0 Å². The summed E-state index contributed by atoms with van der Waals surface area (Å²) in [6.45, 7) is 10.9. The smallest absolute Gasteiger partial charge is 0.119 e. The maximum Gasteiger partial charge on any atom is 0.119 e. The highest BCUT2D eigenvalue weighted by molar-refractivity contribution is 5.32. The molecule has 0 bridgehead atoms. The lowest BCUT2D eigenvalue weighted by molar-refractivity contribution is 0.0807. The number of hydrogen-bond acceptors (Lipinski definition) is 12. The van der Waals surface area contributed by atoms with Gasteiger partial charge in [0.25, 0.3) is 0 Å². The van der Waals surface area contributed by atoms with Crippen molar-refractivity contribution in [1.82, 2.24) is 0 Å². The van der Waals surface area contributed by atoms with Crippen LogP contribution < -0.4 is 18.9 Å². The summed E-state index contributed by atoms with van der Waals surface area (Å²) in [5.74, 6) is 5.06. The molecule has 0 radical (unpaired) electrons. The number of aliphatic hydroxyl groups is 8. The Morgan fingerprint density at radius 1 is 0.338 bits per heavy atom. The van der Waals surface area contributed by atoms with E-state index in [2.05, 4.69) is 27.7 Å². The Hall–Kier alpha value is -4.24. The number of benzene rings is 4. The first-order valence-corrected chi connectivity index (χ1v) is 31.1. The van der Waals surface area contributed by atoms with E-state index in [0.29, 0.717) is 50.1 Å². The van der Waals surface area contributed by atoms with Crippen LogP contribution in [-0.2, 0) is 0 Å². The second-order valence-corrected chi connectivity index (χ2v) is 23.5. The van der Waals surface area contributed by atoms with Crippen LogP contribution >= 0.6 is 0 Å². The Kier molecular flexibility index (Phi) is 31.4. The molecule has 0 unspecified atom stereocenters. The summed E-state index contributed by atoms with van der Waals surface area (Å²) in [5, 5.41) is 78.7. The average molecular weight is 1110 g/mol. The molecule has 4 aliphatic rings. The fraction of sp³-hybridized carbons (Fsp3) is 0.647. The van der Waals surface area contributed by atoms with Gasteiger partial charge in [-0.15, -0.1) is 0 Å². The summed E-state index contributed by atoms with van der Waals surface area (Å²) in [6, 6.07) is 30.9. The van der Waals surface area contributed by atoms with Gasteiger partial charge in [-0.2, -0.15) is 0 Å². The lowest BCUT2D eigenvalue weighted by Gasteiger charge is -2.25. The summed E-state index contributed by atoms with van der Waals surface area (Å²) in [6.07, 6.45) is 20.7. The third kappa shape index (κ3) is 25.5. The van der Waals surface area contributed by atoms with E-state index in [9.17, 15) is 40.9 Å². The molecule has 0 aromatic heterocycles. The molecule has 4 aromatic carbocycles. The Morgan fingerprint density at radius 2 is 0.550 bits per heavy atom. The van der Waals surface area contributed by atoms with E-state index in [0.717, 1.165) is 199 Å². The van der Waals surface area contributed by atoms with Crippen molar-refractivity contribution in [1.29, 1.82) is 0 Å². The molecule has 0 amide bonds. The Labute approximate surface area is 480 Å². The van der Waals surface area contributed by atoms with Crippen LogP contribution in [0.1, 0.15) is 228 Å². The van der Waals surface area contributed by atoms with Crippen LogP contribution in [0.5, 0.6) is 23.0 Å². The minimum absolute atomic E-state index is 0.157. The van der Waals surface area contributed by atoms with E-state index >= 15 is 0 Å². The molecule has 80 heavy (non-hydrogen) atoms. The normalized spacial score (nSPS) is 24.4. The summed E-state index contributed by atoms with van der Waals surface area (Å²) < 4.78 is 23.4. The van der Waals surface area contributed by atoms with Crippen molar-refractivity contribution in [3.8, 4) is 23.0 Å². The van der Waals surface area contributed by atoms with Gasteiger partial charge in [-0.3, -0.25) is 0 Å². The van der Waals surface area contributed by atoms with Gasteiger partial charge in [-0.25, -0.2) is 0 Å². The van der Waals surface area contributed by atoms with Crippen molar-refractivity contribution in [3.05, 3.63) is 119 Å². The number of hydrogen-bond donors (Lipinski definition) is 8. The molecule has 0 aliphatic heterocycles. The molecule has 8 rings (SSSR count). The molecular weight excluding hydrogens is 1010 g/mol. The number of ether oxygens (including phenoxy) is 4. The zero-order chi connectivity index (χ0) is 57.5. The topological polar surface area (TPSA) is 199 Å². The van der Waals surface area contributed by atoms with Gasteiger partial charge >= 0.3 is 0 Å². The predicted molar refractivity (Wildman–Crippen MR) is 319 cm³/mol. The molecule has 4 fully saturated rings. The van der Waals surface area contributed by atoms with E-state index in [4.69, 9.17) is 18.9 Å². The summed E-state index contributed by atoms with van der Waals surface area (Å²) >= 11 is 0. The van der Waals surface area contributed by atoms with Gasteiger partial charge < -0.3 is 59.8 Å². The Bertz CT molecular complexity index is 1930. The highest BCUT2D eigenvalue weighted by Gasteiger charge is 2.24. The Morgan fingerprint density at radius 3 is 0.738 bits per heavy atom. The summed E-state index contributed by atoms with van der Waals surface area (Å²) in [7, 11) is 0. The van der Waals surface area contributed by atoms with Crippen LogP contribution in [0.25, 0.3) is 0 Å². The molecular formula is C68H104O12. The quantitative estimate of drug-likeness (QED) is 0.0331. The van der Waals surface area contributed by atoms with Crippen LogP contribution in [-0.4, -0.2) is 91.7 Å². The van der Waals surface area contributed by atoms with Crippen molar-refractivity contribution in [2.24, 2.45) is 23.7 Å². The van der Waals surface area contributed by atoms with Crippen molar-refractivity contribution in [3.63, 3.8) is 0 Å². The number of aliphatic hydroxyl groups excluding tert-OH is 8. The minimum Gasteiger partial charge on any atom is -0.493 e. The van der Waals surface area contributed by atoms with Gasteiger partial charge in [-0.05, 0) is 197 Å². The first-order valence-electron chi connectivity index (χ1n) is 31.1. The van der Waals surface area contributed by atoms with Crippen molar-refractivity contribution in [2.75, 3.05) is 26.4 Å². The lowest BCUT2D eigenvalue weighted by atomic mass is 9.88. The molecule has 12 atom stereocenters. The monoisotopic (exact) mass is 1110 g/mol. The van der Waals surface area contributed by atoms with Gasteiger partial charge in [0.05, 0.1) is 75.3 Å². The van der Waals surface area contributed by atoms with E-state index in [1.807, 2.05) is 97.1 Å². The zero-order valence-corrected chi connectivity index (χ0v) is 49.2. The average Bonchev–Trinajstić information content (AvgIpc) is 3.46. The van der Waals surface area contributed by atoms with Gasteiger partial charge in [0.1, 0.15) is 23.0 Å². The summed E-state index contributed by atoms with van der Waals surface area (Å²) in [4.78, 5) is 0. The fourth-order valence-corrected chi connectivity index (χ4v) is 11.5. The van der Waals surface area contributed by atoms with Crippen molar-refractivity contribution >= 4 is 0 Å². The van der Waals surface area contributed by atoms with E-state index in [1.54, 1.807) is 0 Å². The second-order valence-electron chi connectivity index (χ2n) is 23.5. The SMILES string of the molecule is CCC[C@@H](O)c1cccc(OC[C@@H]2CCC[C@@H](O)C2)c1.CCC[C@@H](O)c1cccc(OC[C@@H]2CCC[C@H](O)C2)c1.CCC[C@@H](O)c1cccc(OC[C@H]2CCC[C@@H](O)C2)c1.CCC[C@@H](O)c1cccc(OC[C@H]2CCC[C@H](O)C2)c1. The van der Waals surface area contributed by atoms with Crippen LogP contribution in [0.3, 0.4) is 0 Å². The molecule has 0 spiro atoms. The van der Waals surface area contributed by atoms with Gasteiger partial charge in [0, 0.05) is 0 Å². The summed E-state index contributed by atoms with van der Waals surface area (Å²) in [5.41, 5.74) is 3.70. The first-order chi connectivity index (χ1) is 38.7. The standard InChI is InChI=1S/4C17H26O3/c4*1-2-5-17(19)14-7-4-9-16(11-14)20-12-13-6-3-8-15(18)10-13/h4*4,7,9,11,13,15,17-19H,2-3,5-6,8,10,12H2,1H3/t13-,15+,17+;13-,15+,17-;13-,15-,17+;13-,15-,17-/m0101/s1. The van der Waals surface area contributed by atoms with E-state index in [1.165, 1.54) is 0 Å². The molecule has 4 aromatic rings. The first kappa shape index (κ1) is 66.6. The number of rotatable bonds is 24. The maximum absolute atomic E-state index is 10.0. The van der Waals surface area contributed by atoms with Crippen molar-refractivity contribution in [2.45, 2.75) is 231 Å². The fourth-order valence-electron chi connectivity index (χ4n) is 11.5. The van der Waals surface area contributed by atoms with Gasteiger partial charge in [0.15, 0.2) is 0 Å². The van der Waals surface area contributed by atoms with Gasteiger partial charge in [-0.1, -0.05) is 128 Å². The molecule has 4 saturated carbocycles. The molecule has 448 valence electrons. The van der Waals surface area contributed by atoms with Gasteiger partial charge in [0.2, 0.25) is 0 Å². The largest absolute Gasteiger partial charge is 0.493 e. The predicted octanol–water partition coefficient (Wildman–Crippen LogP) is 13.8. The van der Waals surface area contributed by atoms with Crippen molar-refractivity contribution < 1.29 is 59.8 Å². The third-order valence-electron chi connectivity index (χ3n) is 16.2. The zero-order valence-electron chi connectivity index (χ0n) is 49.2. The molecule has 12 heteroatoms.